The van der Waals surface area contributed by atoms with E-state index in [1.54, 1.807) is 6.07 Å². The van der Waals surface area contributed by atoms with Gasteiger partial charge in [0.2, 0.25) is 0 Å². The Hall–Kier alpha value is -1.08. The van der Waals surface area contributed by atoms with Gasteiger partial charge >= 0.3 is 5.51 Å². The molecule has 1 atom stereocenters. The smallest absolute Gasteiger partial charge is 0.329 e. The van der Waals surface area contributed by atoms with E-state index in [2.05, 4.69) is 4.36 Å². The first-order valence-corrected chi connectivity index (χ1v) is 5.97. The highest BCUT2D eigenvalue weighted by Gasteiger charge is 2.44. The number of nitrogens with zero attached hydrogens (tertiary/aromatic N) is 1. The summed E-state index contributed by atoms with van der Waals surface area (Å²) in [6.45, 7) is -0.354. The summed E-state index contributed by atoms with van der Waals surface area (Å²) < 4.78 is 53.1. The molecule has 90 valence electrons. The fourth-order valence-corrected chi connectivity index (χ4v) is 2.52. The molecule has 1 aromatic rings. The summed E-state index contributed by atoms with van der Waals surface area (Å²) in [5.41, 5.74) is 0.185. The highest BCUT2D eigenvalue weighted by atomic mass is 32.2. The molecule has 0 spiro atoms. The zero-order valence-corrected chi connectivity index (χ0v) is 9.09. The van der Waals surface area contributed by atoms with Crippen molar-refractivity contribution in [3.05, 3.63) is 30.3 Å². The number of hydrogen-bond donors (Lipinski definition) is 1. The molecule has 0 bridgehead atoms. The molecular weight excluding hydrogens is 241 g/mol. The summed E-state index contributed by atoms with van der Waals surface area (Å²) >= 11 is 0. The Labute approximate surface area is 91.6 Å². The number of rotatable bonds is 3. The van der Waals surface area contributed by atoms with E-state index in [4.69, 9.17) is 5.73 Å². The van der Waals surface area contributed by atoms with E-state index < -0.39 is 15.2 Å². The number of halogens is 3. The summed E-state index contributed by atoms with van der Waals surface area (Å²) in [6.07, 6.45) is 0. The largest absolute Gasteiger partial charge is 0.483 e. The van der Waals surface area contributed by atoms with Crippen molar-refractivity contribution in [1.29, 1.82) is 0 Å². The molecule has 0 aromatic heterocycles. The summed E-state index contributed by atoms with van der Waals surface area (Å²) in [5, 5.41) is 0. The van der Waals surface area contributed by atoms with Crippen LogP contribution in [0.5, 0.6) is 0 Å². The second-order valence-electron chi connectivity index (χ2n) is 2.93. The molecule has 0 radical (unpaired) electrons. The molecule has 3 nitrogen and oxygen atoms in total. The van der Waals surface area contributed by atoms with Crippen LogP contribution in [0.2, 0.25) is 0 Å². The third-order valence-electron chi connectivity index (χ3n) is 1.78. The van der Waals surface area contributed by atoms with Gasteiger partial charge in [0.05, 0.1) is 11.4 Å². The van der Waals surface area contributed by atoms with Crippen LogP contribution >= 0.6 is 0 Å². The molecule has 0 amide bonds. The molecule has 16 heavy (non-hydrogen) atoms. The maximum absolute atomic E-state index is 12.7. The van der Waals surface area contributed by atoms with E-state index in [1.165, 1.54) is 12.1 Å². The number of benzene rings is 1. The van der Waals surface area contributed by atoms with E-state index in [9.17, 15) is 17.4 Å². The van der Waals surface area contributed by atoms with E-state index >= 15 is 0 Å². The zero-order chi connectivity index (χ0) is 12.2. The lowest BCUT2D eigenvalue weighted by Gasteiger charge is -2.13. The molecule has 0 fully saturated rings. The summed E-state index contributed by atoms with van der Waals surface area (Å²) in [5.74, 6) is 0. The van der Waals surface area contributed by atoms with Crippen LogP contribution in [0.1, 0.15) is 0 Å². The second-order valence-corrected chi connectivity index (χ2v) is 5.17. The topological polar surface area (TPSA) is 55.4 Å². The molecule has 0 aliphatic rings. The maximum atomic E-state index is 12.7. The molecule has 0 heterocycles. The third kappa shape index (κ3) is 2.53. The van der Waals surface area contributed by atoms with Gasteiger partial charge in [-0.3, -0.25) is 0 Å². The Morgan fingerprint density at radius 2 is 1.81 bits per heavy atom. The van der Waals surface area contributed by atoms with Gasteiger partial charge < -0.3 is 5.73 Å². The van der Waals surface area contributed by atoms with Crippen molar-refractivity contribution in [2.45, 2.75) is 10.4 Å². The predicted molar refractivity (Wildman–Crippen MR) is 55.3 cm³/mol. The fourth-order valence-electron chi connectivity index (χ4n) is 1.07. The molecule has 0 aliphatic carbocycles. The molecule has 2 N–H and O–H groups in total. The van der Waals surface area contributed by atoms with Gasteiger partial charge in [-0.1, -0.05) is 18.2 Å². The highest BCUT2D eigenvalue weighted by molar-refractivity contribution is 7.94. The Bertz CT molecular complexity index is 450. The maximum Gasteiger partial charge on any atom is 0.483 e. The minimum absolute atomic E-state index is 0.0695. The number of nitrogens with two attached hydrogens (primary N) is 1. The fraction of sp³-hybridized carbons (Fsp3) is 0.333. The quantitative estimate of drug-likeness (QED) is 0.894. The van der Waals surface area contributed by atoms with Crippen molar-refractivity contribution in [1.82, 2.24) is 0 Å². The Morgan fingerprint density at radius 1 is 1.25 bits per heavy atom. The molecule has 0 aliphatic heterocycles. The number of hydrogen-bond acceptors (Lipinski definition) is 3. The van der Waals surface area contributed by atoms with Gasteiger partial charge in [0, 0.05) is 6.54 Å². The zero-order valence-electron chi connectivity index (χ0n) is 8.28. The van der Waals surface area contributed by atoms with Gasteiger partial charge in [0.1, 0.15) is 0 Å². The number of alkyl halides is 3. The molecule has 7 heteroatoms. The monoisotopic (exact) mass is 252 g/mol. The van der Waals surface area contributed by atoms with E-state index in [0.717, 1.165) is 12.1 Å². The predicted octanol–water partition coefficient (Wildman–Crippen LogP) is 1.99. The van der Waals surface area contributed by atoms with Crippen LogP contribution in [0.3, 0.4) is 0 Å². The van der Waals surface area contributed by atoms with E-state index in [0.29, 0.717) is 0 Å². The minimum atomic E-state index is -4.89. The SMILES string of the molecule is NCCN=S(=O)(c1ccccc1)C(F)(F)F. The highest BCUT2D eigenvalue weighted by Crippen LogP contribution is 2.32. The van der Waals surface area contributed by atoms with Crippen molar-refractivity contribution < 1.29 is 17.4 Å². The van der Waals surface area contributed by atoms with Gasteiger partial charge in [0.25, 0.3) is 0 Å². The summed E-state index contributed by atoms with van der Waals surface area (Å²) in [6, 6.07) is 6.62. The van der Waals surface area contributed by atoms with Crippen molar-refractivity contribution in [3.63, 3.8) is 0 Å². The average molecular weight is 252 g/mol. The van der Waals surface area contributed by atoms with E-state index in [1.807, 2.05) is 0 Å². The van der Waals surface area contributed by atoms with Crippen LogP contribution in [0.25, 0.3) is 0 Å². The summed E-state index contributed by atoms with van der Waals surface area (Å²) in [7, 11) is -4.40. The Balaban J connectivity index is 3.34. The van der Waals surface area contributed by atoms with Crippen LogP contribution in [0.4, 0.5) is 13.2 Å². The first kappa shape index (κ1) is 13.0. The normalized spacial score (nSPS) is 15.5. The van der Waals surface area contributed by atoms with Gasteiger partial charge in [-0.25, -0.2) is 8.57 Å². The first-order chi connectivity index (χ1) is 7.42. The lowest BCUT2D eigenvalue weighted by atomic mass is 10.4. The van der Waals surface area contributed by atoms with Crippen LogP contribution < -0.4 is 5.73 Å². The van der Waals surface area contributed by atoms with E-state index in [-0.39, 0.29) is 18.0 Å². The van der Waals surface area contributed by atoms with Crippen molar-refractivity contribution in [2.75, 3.05) is 13.1 Å². The average Bonchev–Trinajstić information content (AvgIpc) is 2.25. The molecule has 0 saturated heterocycles. The summed E-state index contributed by atoms with van der Waals surface area (Å²) in [4.78, 5) is -0.337. The van der Waals surface area contributed by atoms with Crippen molar-refractivity contribution in [3.8, 4) is 0 Å². The molecule has 1 unspecified atom stereocenters. The third-order valence-corrected chi connectivity index (χ3v) is 3.86. The van der Waals surface area contributed by atoms with Crippen molar-refractivity contribution >= 4 is 9.73 Å². The van der Waals surface area contributed by atoms with Gasteiger partial charge in [-0.2, -0.15) is 13.2 Å². The van der Waals surface area contributed by atoms with Gasteiger partial charge in [-0.15, -0.1) is 0 Å². The Kier molecular flexibility index (Phi) is 3.93. The molecule has 0 saturated carbocycles. The molecule has 1 rings (SSSR count). The van der Waals surface area contributed by atoms with Gasteiger partial charge in [-0.05, 0) is 12.1 Å². The molecular formula is C9H11F3N2OS. The van der Waals surface area contributed by atoms with Crippen LogP contribution in [-0.2, 0) is 9.73 Å². The van der Waals surface area contributed by atoms with Crippen LogP contribution in [0.15, 0.2) is 39.6 Å². The molecule has 1 aromatic carbocycles. The van der Waals surface area contributed by atoms with Crippen LogP contribution in [-0.4, -0.2) is 22.8 Å². The van der Waals surface area contributed by atoms with Crippen LogP contribution in [0, 0.1) is 0 Å². The Morgan fingerprint density at radius 3 is 2.25 bits per heavy atom. The lowest BCUT2D eigenvalue weighted by Crippen LogP contribution is -2.24. The standard InChI is InChI=1S/C9H11F3N2OS/c10-9(11,12)16(15,14-7-6-13)8-4-2-1-3-5-8/h1-5H,6-7,13H2. The lowest BCUT2D eigenvalue weighted by molar-refractivity contribution is -0.0403. The van der Waals surface area contributed by atoms with Crippen molar-refractivity contribution in [2.24, 2.45) is 10.1 Å². The van der Waals surface area contributed by atoms with Gasteiger partial charge in [0.15, 0.2) is 9.73 Å². The first-order valence-electron chi connectivity index (χ1n) is 4.46. The second kappa shape index (κ2) is 4.84. The minimum Gasteiger partial charge on any atom is -0.329 e.